The molecule has 2 aliphatic rings. The molecule has 0 bridgehead atoms. The molecule has 0 saturated carbocycles. The van der Waals surface area contributed by atoms with Gasteiger partial charge in [0.2, 0.25) is 0 Å². The average Bonchev–Trinajstić information content (AvgIpc) is 3.72. The van der Waals surface area contributed by atoms with Crippen molar-refractivity contribution >= 4 is 24.8 Å². The fourth-order valence-corrected chi connectivity index (χ4v) is 11.4. The van der Waals surface area contributed by atoms with E-state index in [0.717, 1.165) is 25.7 Å². The third-order valence-electron chi connectivity index (χ3n) is 9.21. The molecule has 0 spiro atoms. The summed E-state index contributed by atoms with van der Waals surface area (Å²) in [6.07, 6.45) is 14.1. The fourth-order valence-electron chi connectivity index (χ4n) is 7.27. The third-order valence-corrected chi connectivity index (χ3v) is 13.0. The van der Waals surface area contributed by atoms with Crippen LogP contribution in [-0.2, 0) is 34.1 Å². The molecule has 4 aromatic carbocycles. The molecule has 0 aromatic heterocycles. The Morgan fingerprint density at radius 1 is 0.465 bits per heavy atom. The van der Waals surface area contributed by atoms with Gasteiger partial charge in [0.05, 0.1) is 0 Å². The SMILES string of the molecule is CCC(C1=[C]([Zr][C]2=C(C(CC)(c3ccccc3)c3ccccc3)C=CC2)CC=C1)(c1ccccc1)c1ccccc1.Cl.Cl. The van der Waals surface area contributed by atoms with Crippen LogP contribution in [0.4, 0.5) is 0 Å². The Balaban J connectivity index is 0.00000212. The monoisotopic (exact) mass is 680 g/mol. The second kappa shape index (κ2) is 14.9. The second-order valence-electron chi connectivity index (χ2n) is 11.1. The molecule has 0 N–H and O–H groups in total. The smallest absolute Gasteiger partial charge is 0.147 e. The van der Waals surface area contributed by atoms with Gasteiger partial charge in [0, 0.05) is 0 Å². The maximum absolute atomic E-state index is 2.48. The summed E-state index contributed by atoms with van der Waals surface area (Å²) in [6.45, 7) is 4.74. The van der Waals surface area contributed by atoms with Crippen LogP contribution in [0.5, 0.6) is 0 Å². The molecule has 0 unspecified atom stereocenters. The Hall–Kier alpha value is -2.70. The number of hydrogen-bond acceptors (Lipinski definition) is 0. The van der Waals surface area contributed by atoms with Crippen LogP contribution in [0.15, 0.2) is 163 Å². The molecule has 218 valence electrons. The molecular formula is C40H40Cl2Zr. The van der Waals surface area contributed by atoms with Gasteiger partial charge in [-0.15, -0.1) is 24.8 Å². The number of halogens is 2. The molecule has 0 aliphatic heterocycles. The van der Waals surface area contributed by atoms with E-state index in [2.05, 4.69) is 159 Å². The van der Waals surface area contributed by atoms with Crippen molar-refractivity contribution in [1.29, 1.82) is 0 Å². The number of hydrogen-bond donors (Lipinski definition) is 0. The quantitative estimate of drug-likeness (QED) is 0.156. The van der Waals surface area contributed by atoms with Gasteiger partial charge in [-0.25, -0.2) is 0 Å². The average molecular weight is 683 g/mol. The minimum Gasteiger partial charge on any atom is -0.147 e. The van der Waals surface area contributed by atoms with E-state index in [4.69, 9.17) is 0 Å². The first-order valence-corrected chi connectivity index (χ1v) is 17.5. The van der Waals surface area contributed by atoms with Crippen molar-refractivity contribution in [2.45, 2.75) is 50.4 Å². The summed E-state index contributed by atoms with van der Waals surface area (Å²) in [5, 5.41) is 0. The van der Waals surface area contributed by atoms with Gasteiger partial charge in [0.25, 0.3) is 0 Å². The van der Waals surface area contributed by atoms with E-state index >= 15 is 0 Å². The largest absolute Gasteiger partial charge is 0.147 e. The van der Waals surface area contributed by atoms with Crippen LogP contribution >= 0.6 is 24.8 Å². The van der Waals surface area contributed by atoms with Crippen molar-refractivity contribution < 1.29 is 23.2 Å². The summed E-state index contributed by atoms with van der Waals surface area (Å²) < 4.78 is 3.45. The first kappa shape index (κ1) is 33.2. The van der Waals surface area contributed by atoms with Gasteiger partial charge in [0.1, 0.15) is 0 Å². The molecule has 0 heterocycles. The van der Waals surface area contributed by atoms with E-state index in [1.165, 1.54) is 22.3 Å². The molecule has 0 fully saturated rings. The van der Waals surface area contributed by atoms with Crippen molar-refractivity contribution in [2.24, 2.45) is 0 Å². The van der Waals surface area contributed by atoms with Crippen molar-refractivity contribution in [1.82, 2.24) is 0 Å². The maximum atomic E-state index is 2.48. The molecule has 3 heteroatoms. The van der Waals surface area contributed by atoms with Crippen LogP contribution in [0.3, 0.4) is 0 Å². The van der Waals surface area contributed by atoms with E-state index in [1.807, 2.05) is 0 Å². The number of allylic oxidation sites excluding steroid dienone is 8. The summed E-state index contributed by atoms with van der Waals surface area (Å²) in [6, 6.07) is 44.9. The minimum atomic E-state index is -1.08. The Morgan fingerprint density at radius 2 is 0.744 bits per heavy atom. The number of rotatable bonds is 10. The minimum absolute atomic E-state index is 0. The zero-order chi connectivity index (χ0) is 28.1. The molecule has 0 saturated heterocycles. The van der Waals surface area contributed by atoms with Crippen molar-refractivity contribution in [3.63, 3.8) is 0 Å². The van der Waals surface area contributed by atoms with Crippen molar-refractivity contribution in [2.75, 3.05) is 0 Å². The van der Waals surface area contributed by atoms with Gasteiger partial charge in [0.15, 0.2) is 0 Å². The fraction of sp³-hybridized carbons (Fsp3) is 0.200. The summed E-state index contributed by atoms with van der Waals surface area (Å²) in [4.78, 5) is 0. The van der Waals surface area contributed by atoms with Gasteiger partial charge < -0.3 is 0 Å². The van der Waals surface area contributed by atoms with Crippen LogP contribution in [-0.4, -0.2) is 0 Å². The summed E-state index contributed by atoms with van der Waals surface area (Å²) in [5.41, 5.74) is 8.49. The van der Waals surface area contributed by atoms with Gasteiger partial charge in [-0.1, -0.05) is 0 Å². The third kappa shape index (κ3) is 6.02. The van der Waals surface area contributed by atoms with E-state index in [1.54, 1.807) is 17.7 Å². The molecule has 0 nitrogen and oxygen atoms in total. The molecule has 0 atom stereocenters. The van der Waals surface area contributed by atoms with Crippen LogP contribution in [0.2, 0.25) is 0 Å². The summed E-state index contributed by atoms with van der Waals surface area (Å²) >= 11 is -1.08. The van der Waals surface area contributed by atoms with Gasteiger partial charge in [-0.3, -0.25) is 0 Å². The van der Waals surface area contributed by atoms with Crippen LogP contribution in [0, 0.1) is 0 Å². The number of benzene rings is 4. The van der Waals surface area contributed by atoms with Crippen molar-refractivity contribution in [3.8, 4) is 0 Å². The summed E-state index contributed by atoms with van der Waals surface area (Å²) in [5.74, 6) is 0. The first-order chi connectivity index (χ1) is 20.2. The van der Waals surface area contributed by atoms with Crippen LogP contribution < -0.4 is 0 Å². The van der Waals surface area contributed by atoms with E-state index in [0.29, 0.717) is 0 Å². The predicted octanol–water partition coefficient (Wildman–Crippen LogP) is 11.1. The van der Waals surface area contributed by atoms with Gasteiger partial charge in [-0.2, -0.15) is 0 Å². The first-order valence-electron chi connectivity index (χ1n) is 15.0. The molecule has 0 amide bonds. The van der Waals surface area contributed by atoms with Crippen molar-refractivity contribution in [3.05, 3.63) is 186 Å². The zero-order valence-corrected chi connectivity index (χ0v) is 29.1. The molecule has 2 aliphatic carbocycles. The molecular weight excluding hydrogens is 643 g/mol. The Labute approximate surface area is 282 Å². The van der Waals surface area contributed by atoms with Crippen LogP contribution in [0.1, 0.15) is 61.8 Å². The molecule has 4 aromatic rings. The summed E-state index contributed by atoms with van der Waals surface area (Å²) in [7, 11) is 0. The second-order valence-corrected chi connectivity index (χ2v) is 14.7. The normalized spacial score (nSPS) is 14.5. The zero-order valence-electron chi connectivity index (χ0n) is 25.0. The molecule has 0 radical (unpaired) electrons. The van der Waals surface area contributed by atoms with E-state index < -0.39 is 23.2 Å². The Kier molecular flexibility index (Phi) is 11.5. The van der Waals surface area contributed by atoms with Gasteiger partial charge >= 0.3 is 259 Å². The van der Waals surface area contributed by atoms with Gasteiger partial charge in [-0.05, 0) is 0 Å². The standard InChI is InChI=1S/2C20H19.2ClH.Zr/c2*1-2-20(19-15-9-10-16-19,17-11-5-3-6-12-17)18-13-7-4-8-14-18;;;/h2*3-9,11-15H,2,10H2,1H3;2*1H;. The predicted molar refractivity (Wildman–Crippen MR) is 184 cm³/mol. The topological polar surface area (TPSA) is 0 Å². The molecule has 6 rings (SSSR count). The van der Waals surface area contributed by atoms with E-state index in [9.17, 15) is 0 Å². The Morgan fingerprint density at radius 3 is 1.00 bits per heavy atom. The Bertz CT molecular complexity index is 1400. The maximum Gasteiger partial charge on any atom is -0.147 e. The molecule has 43 heavy (non-hydrogen) atoms. The van der Waals surface area contributed by atoms with E-state index in [-0.39, 0.29) is 35.6 Å². The van der Waals surface area contributed by atoms with Crippen LogP contribution in [0.25, 0.3) is 0 Å².